The molecule has 0 aliphatic rings. The highest BCUT2D eigenvalue weighted by Gasteiger charge is 2.13. The van der Waals surface area contributed by atoms with Crippen molar-refractivity contribution in [1.29, 1.82) is 0 Å². The van der Waals surface area contributed by atoms with E-state index in [0.717, 1.165) is 11.3 Å². The van der Waals surface area contributed by atoms with Crippen molar-refractivity contribution < 1.29 is 4.79 Å². The van der Waals surface area contributed by atoms with Gasteiger partial charge >= 0.3 is 0 Å². The zero-order valence-corrected chi connectivity index (χ0v) is 15.9. The number of thiazole rings is 1. The number of hydrogen-bond donors (Lipinski definition) is 1. The summed E-state index contributed by atoms with van der Waals surface area (Å²) in [5, 5.41) is 7.96. The Morgan fingerprint density at radius 1 is 1.00 bits per heavy atom. The molecule has 0 saturated carbocycles. The number of carbonyl (C=O) groups excluding carboxylic acids is 1. The van der Waals surface area contributed by atoms with E-state index in [4.69, 9.17) is 0 Å². The van der Waals surface area contributed by atoms with Crippen molar-refractivity contribution in [1.82, 2.24) is 4.98 Å². The summed E-state index contributed by atoms with van der Waals surface area (Å²) in [7, 11) is 0. The van der Waals surface area contributed by atoms with Crippen LogP contribution in [0.1, 0.15) is 24.8 Å². The standard InChI is InChI=1S/C23H20N2OS/c1-16(17-7-3-2-4-8-17)13-22(26)25-23-24-21(15-27-23)20-12-11-18-9-5-6-10-19(18)14-20/h2-12,14-16H,13H2,1H3,(H,24,25,26)/t16-/m0/s1. The average molecular weight is 372 g/mol. The van der Waals surface area contributed by atoms with Crippen LogP contribution in [0.4, 0.5) is 5.13 Å². The van der Waals surface area contributed by atoms with Gasteiger partial charge in [-0.3, -0.25) is 4.79 Å². The third-order valence-corrected chi connectivity index (χ3v) is 5.41. The van der Waals surface area contributed by atoms with Gasteiger partial charge in [0.05, 0.1) is 5.69 Å². The fourth-order valence-corrected chi connectivity index (χ4v) is 3.90. The van der Waals surface area contributed by atoms with Crippen LogP contribution in [0.15, 0.2) is 78.2 Å². The van der Waals surface area contributed by atoms with Crippen LogP contribution in [-0.4, -0.2) is 10.9 Å². The third kappa shape index (κ3) is 4.07. The molecule has 0 spiro atoms. The lowest BCUT2D eigenvalue weighted by atomic mass is 9.98. The summed E-state index contributed by atoms with van der Waals surface area (Å²) in [5.74, 6) is 0.164. The molecule has 0 fully saturated rings. The van der Waals surface area contributed by atoms with Gasteiger partial charge in [0.1, 0.15) is 0 Å². The van der Waals surface area contributed by atoms with Crippen LogP contribution >= 0.6 is 11.3 Å². The van der Waals surface area contributed by atoms with Crippen LogP contribution in [0.3, 0.4) is 0 Å². The van der Waals surface area contributed by atoms with Crippen molar-refractivity contribution in [3.8, 4) is 11.3 Å². The lowest BCUT2D eigenvalue weighted by Crippen LogP contribution is -2.14. The Hall–Kier alpha value is -2.98. The molecule has 0 aliphatic carbocycles. The van der Waals surface area contributed by atoms with Crippen LogP contribution in [0.5, 0.6) is 0 Å². The number of benzene rings is 3. The van der Waals surface area contributed by atoms with E-state index in [9.17, 15) is 4.79 Å². The number of nitrogens with zero attached hydrogens (tertiary/aromatic N) is 1. The van der Waals surface area contributed by atoms with Gasteiger partial charge in [0.25, 0.3) is 0 Å². The average Bonchev–Trinajstić information content (AvgIpc) is 3.16. The lowest BCUT2D eigenvalue weighted by Gasteiger charge is -2.10. The molecule has 4 aromatic rings. The third-order valence-electron chi connectivity index (χ3n) is 4.66. The molecule has 0 unspecified atom stereocenters. The SMILES string of the molecule is C[C@@H](CC(=O)Nc1nc(-c2ccc3ccccc3c2)cs1)c1ccccc1. The largest absolute Gasteiger partial charge is 0.302 e. The molecule has 1 atom stereocenters. The molecule has 0 saturated heterocycles. The van der Waals surface area contributed by atoms with E-state index in [-0.39, 0.29) is 11.8 Å². The van der Waals surface area contributed by atoms with Gasteiger partial charge in [-0.25, -0.2) is 4.98 Å². The Kier molecular flexibility index (Phi) is 4.99. The molecule has 1 N–H and O–H groups in total. The molecule has 0 bridgehead atoms. The molecule has 0 radical (unpaired) electrons. The van der Waals surface area contributed by atoms with E-state index >= 15 is 0 Å². The second-order valence-corrected chi connectivity index (χ2v) is 7.52. The first-order valence-corrected chi connectivity index (χ1v) is 9.86. The highest BCUT2D eigenvalue weighted by Crippen LogP contribution is 2.28. The smallest absolute Gasteiger partial charge is 0.226 e. The minimum atomic E-state index is -0.00855. The minimum Gasteiger partial charge on any atom is -0.302 e. The fraction of sp³-hybridized carbons (Fsp3) is 0.130. The first-order chi connectivity index (χ1) is 13.2. The number of nitrogens with one attached hydrogen (secondary N) is 1. The molecule has 134 valence electrons. The second kappa shape index (κ2) is 7.72. The van der Waals surface area contributed by atoms with Crippen LogP contribution in [0.25, 0.3) is 22.0 Å². The van der Waals surface area contributed by atoms with Crippen LogP contribution in [0.2, 0.25) is 0 Å². The van der Waals surface area contributed by atoms with Crippen molar-refractivity contribution in [2.45, 2.75) is 19.3 Å². The molecule has 0 aliphatic heterocycles. The maximum absolute atomic E-state index is 12.4. The number of anilines is 1. The highest BCUT2D eigenvalue weighted by atomic mass is 32.1. The van der Waals surface area contributed by atoms with E-state index in [1.165, 1.54) is 27.7 Å². The normalized spacial score (nSPS) is 12.0. The molecule has 1 heterocycles. The van der Waals surface area contributed by atoms with Gasteiger partial charge < -0.3 is 5.32 Å². The van der Waals surface area contributed by atoms with Gasteiger partial charge in [0.2, 0.25) is 5.91 Å². The van der Waals surface area contributed by atoms with Gasteiger partial charge in [-0.1, -0.05) is 73.7 Å². The number of aromatic nitrogens is 1. The Morgan fingerprint density at radius 3 is 2.56 bits per heavy atom. The van der Waals surface area contributed by atoms with Gasteiger partial charge in [0, 0.05) is 17.4 Å². The first-order valence-electron chi connectivity index (χ1n) is 8.98. The molecule has 1 amide bonds. The maximum Gasteiger partial charge on any atom is 0.226 e. The Morgan fingerprint density at radius 2 is 1.74 bits per heavy atom. The van der Waals surface area contributed by atoms with Gasteiger partial charge in [-0.15, -0.1) is 11.3 Å². The molecular weight excluding hydrogens is 352 g/mol. The summed E-state index contributed by atoms with van der Waals surface area (Å²) in [6.07, 6.45) is 0.439. The molecule has 3 aromatic carbocycles. The monoisotopic (exact) mass is 372 g/mol. The lowest BCUT2D eigenvalue weighted by molar-refractivity contribution is -0.116. The fourth-order valence-electron chi connectivity index (χ4n) is 3.16. The van der Waals surface area contributed by atoms with E-state index in [2.05, 4.69) is 59.7 Å². The number of carbonyl (C=O) groups is 1. The molecule has 1 aromatic heterocycles. The molecular formula is C23H20N2OS. The molecule has 3 nitrogen and oxygen atoms in total. The number of hydrogen-bond acceptors (Lipinski definition) is 3. The van der Waals surface area contributed by atoms with Crippen molar-refractivity contribution >= 4 is 33.1 Å². The predicted molar refractivity (Wildman–Crippen MR) is 113 cm³/mol. The summed E-state index contributed by atoms with van der Waals surface area (Å²) in [5.41, 5.74) is 3.11. The summed E-state index contributed by atoms with van der Waals surface area (Å²) < 4.78 is 0. The minimum absolute atomic E-state index is 0.00855. The molecule has 4 heteroatoms. The molecule has 4 rings (SSSR count). The van der Waals surface area contributed by atoms with Crippen molar-refractivity contribution in [3.63, 3.8) is 0 Å². The Bertz CT molecular complexity index is 1070. The van der Waals surface area contributed by atoms with E-state index in [0.29, 0.717) is 11.6 Å². The van der Waals surface area contributed by atoms with Crippen LogP contribution < -0.4 is 5.32 Å². The van der Waals surface area contributed by atoms with E-state index in [1.54, 1.807) is 0 Å². The predicted octanol–water partition coefficient (Wildman–Crippen LogP) is 6.10. The number of rotatable bonds is 5. The van der Waals surface area contributed by atoms with E-state index < -0.39 is 0 Å². The van der Waals surface area contributed by atoms with Crippen molar-refractivity contribution in [3.05, 3.63) is 83.7 Å². The van der Waals surface area contributed by atoms with Gasteiger partial charge in [0.15, 0.2) is 5.13 Å². The van der Waals surface area contributed by atoms with Crippen molar-refractivity contribution in [2.24, 2.45) is 0 Å². The zero-order chi connectivity index (χ0) is 18.6. The summed E-state index contributed by atoms with van der Waals surface area (Å²) in [6, 6.07) is 24.7. The quantitative estimate of drug-likeness (QED) is 0.460. The first kappa shape index (κ1) is 17.4. The zero-order valence-electron chi connectivity index (χ0n) is 15.1. The van der Waals surface area contributed by atoms with Crippen LogP contribution in [-0.2, 0) is 4.79 Å². The van der Waals surface area contributed by atoms with Gasteiger partial charge in [-0.05, 0) is 28.3 Å². The Labute approximate surface area is 162 Å². The topological polar surface area (TPSA) is 42.0 Å². The number of amides is 1. The van der Waals surface area contributed by atoms with Crippen LogP contribution in [0, 0.1) is 0 Å². The molecule has 27 heavy (non-hydrogen) atoms. The van der Waals surface area contributed by atoms with Gasteiger partial charge in [-0.2, -0.15) is 0 Å². The van der Waals surface area contributed by atoms with Crippen molar-refractivity contribution in [2.75, 3.05) is 5.32 Å². The summed E-state index contributed by atoms with van der Waals surface area (Å²) in [4.78, 5) is 17.0. The second-order valence-electron chi connectivity index (χ2n) is 6.66. The Balaban J connectivity index is 1.45. The summed E-state index contributed by atoms with van der Waals surface area (Å²) >= 11 is 1.46. The maximum atomic E-state index is 12.4. The highest BCUT2D eigenvalue weighted by molar-refractivity contribution is 7.14. The number of fused-ring (bicyclic) bond motifs is 1. The van der Waals surface area contributed by atoms with E-state index in [1.807, 2.05) is 35.7 Å². The summed E-state index contributed by atoms with van der Waals surface area (Å²) in [6.45, 7) is 2.07.